The monoisotopic (exact) mass is 444 g/mol. The molecule has 0 fully saturated rings. The highest BCUT2D eigenvalue weighted by Gasteiger charge is 2.40. The van der Waals surface area contributed by atoms with Crippen LogP contribution in [0.5, 0.6) is 5.88 Å². The number of benzene rings is 2. The van der Waals surface area contributed by atoms with Gasteiger partial charge in [-0.05, 0) is 55.9 Å². The van der Waals surface area contributed by atoms with Crippen molar-refractivity contribution in [3.05, 3.63) is 93.9 Å². The summed E-state index contributed by atoms with van der Waals surface area (Å²) in [6.07, 6.45) is 3.76. The summed E-state index contributed by atoms with van der Waals surface area (Å²) in [5.74, 6) is -0.655. The minimum absolute atomic E-state index is 0.214. The van der Waals surface area contributed by atoms with Crippen LogP contribution in [0.1, 0.15) is 53.6 Å². The molecule has 2 N–H and O–H groups in total. The third kappa shape index (κ3) is 3.75. The number of nitrogen functional groups attached to an aromatic ring is 1. The van der Waals surface area contributed by atoms with Gasteiger partial charge in [0.05, 0.1) is 23.7 Å². The van der Waals surface area contributed by atoms with E-state index in [0.717, 1.165) is 48.1 Å². The van der Waals surface area contributed by atoms with Crippen molar-refractivity contribution >= 4 is 17.4 Å². The van der Waals surface area contributed by atoms with Crippen LogP contribution >= 0.6 is 0 Å². The first-order valence-electron chi connectivity index (χ1n) is 11.3. The number of nitrogens with two attached hydrogens (primary N) is 1. The molecule has 5 nitrogen and oxygen atoms in total. The molecule has 1 atom stereocenters. The lowest BCUT2D eigenvalue weighted by Gasteiger charge is -2.32. The Kier molecular flexibility index (Phi) is 5.58. The van der Waals surface area contributed by atoms with Crippen LogP contribution in [0.3, 0.4) is 0 Å². The number of ether oxygens (including phenoxy) is 2. The summed E-state index contributed by atoms with van der Waals surface area (Å²) >= 11 is 0. The number of pyridine rings is 1. The maximum absolute atomic E-state index is 13.8. The van der Waals surface area contributed by atoms with Crippen molar-refractivity contribution in [2.75, 3.05) is 12.3 Å². The molecule has 0 saturated carbocycles. The van der Waals surface area contributed by atoms with Crippen LogP contribution < -0.4 is 10.5 Å². The fourth-order valence-electron chi connectivity index (χ4n) is 4.76. The second-order valence-corrected chi connectivity index (χ2v) is 8.29. The van der Waals surface area contributed by atoms with Crippen LogP contribution in [0.25, 0.3) is 5.76 Å². The summed E-state index contributed by atoms with van der Waals surface area (Å²) in [6.45, 7) is 1.97. The first kappa shape index (κ1) is 21.2. The molecule has 0 bridgehead atoms. The third-order valence-corrected chi connectivity index (χ3v) is 6.28. The molecule has 2 aliphatic rings. The van der Waals surface area contributed by atoms with Gasteiger partial charge in [-0.1, -0.05) is 42.5 Å². The molecule has 1 aliphatic carbocycles. The van der Waals surface area contributed by atoms with Gasteiger partial charge in [-0.2, -0.15) is 0 Å². The minimum Gasteiger partial charge on any atom is -0.463 e. The van der Waals surface area contributed by atoms with Gasteiger partial charge >= 0.3 is 5.97 Å². The second-order valence-electron chi connectivity index (χ2n) is 8.29. The maximum Gasteiger partial charge on any atom is 0.338 e. The highest BCUT2D eigenvalue weighted by Crippen LogP contribution is 2.49. The lowest BCUT2D eigenvalue weighted by Crippen LogP contribution is -2.26. The Balaban J connectivity index is 1.81. The number of fused-ring (bicyclic) bond motifs is 2. The highest BCUT2D eigenvalue weighted by molar-refractivity contribution is 6.00. The predicted molar refractivity (Wildman–Crippen MR) is 124 cm³/mol. The number of carbonyl (C=O) groups excluding carboxylic acids is 1. The van der Waals surface area contributed by atoms with Gasteiger partial charge in [0.1, 0.15) is 11.6 Å². The van der Waals surface area contributed by atoms with Crippen molar-refractivity contribution < 1.29 is 18.7 Å². The quantitative estimate of drug-likeness (QED) is 0.561. The predicted octanol–water partition coefficient (Wildman–Crippen LogP) is 5.18. The Morgan fingerprint density at radius 2 is 1.85 bits per heavy atom. The molecule has 0 saturated heterocycles. The molecular formula is C27H25FN2O3. The van der Waals surface area contributed by atoms with E-state index in [1.54, 1.807) is 19.1 Å². The topological polar surface area (TPSA) is 74.4 Å². The van der Waals surface area contributed by atoms with E-state index in [4.69, 9.17) is 20.2 Å². The molecule has 5 rings (SSSR count). The number of aromatic nitrogens is 1. The van der Waals surface area contributed by atoms with Crippen molar-refractivity contribution in [2.45, 2.75) is 38.5 Å². The molecule has 0 radical (unpaired) electrons. The first-order valence-corrected chi connectivity index (χ1v) is 11.3. The lowest BCUT2D eigenvalue weighted by molar-refractivity contribution is -0.138. The van der Waals surface area contributed by atoms with Crippen molar-refractivity contribution in [2.24, 2.45) is 0 Å². The number of anilines is 1. The van der Waals surface area contributed by atoms with Crippen LogP contribution in [0.4, 0.5) is 10.1 Å². The summed E-state index contributed by atoms with van der Waals surface area (Å²) < 4.78 is 25.6. The second kappa shape index (κ2) is 8.70. The smallest absolute Gasteiger partial charge is 0.338 e. The lowest BCUT2D eigenvalue weighted by atomic mass is 9.79. The van der Waals surface area contributed by atoms with Crippen LogP contribution in [-0.2, 0) is 22.4 Å². The Labute approximate surface area is 192 Å². The fourth-order valence-corrected chi connectivity index (χ4v) is 4.76. The first-order chi connectivity index (χ1) is 16.1. The molecule has 168 valence electrons. The number of hydrogen-bond acceptors (Lipinski definition) is 5. The summed E-state index contributed by atoms with van der Waals surface area (Å²) in [6, 6.07) is 15.5. The number of aryl methyl sites for hydroxylation is 1. The molecular weight excluding hydrogens is 419 g/mol. The van der Waals surface area contributed by atoms with Gasteiger partial charge in [0.25, 0.3) is 0 Å². The van der Waals surface area contributed by atoms with E-state index in [9.17, 15) is 9.18 Å². The van der Waals surface area contributed by atoms with Crippen molar-refractivity contribution in [1.29, 1.82) is 0 Å². The molecule has 6 heteroatoms. The average molecular weight is 445 g/mol. The Morgan fingerprint density at radius 3 is 2.58 bits per heavy atom. The number of halogens is 1. The summed E-state index contributed by atoms with van der Waals surface area (Å²) in [4.78, 5) is 18.2. The molecule has 2 heterocycles. The van der Waals surface area contributed by atoms with Gasteiger partial charge in [-0.3, -0.25) is 0 Å². The van der Waals surface area contributed by atoms with E-state index in [0.29, 0.717) is 28.5 Å². The Hall–Kier alpha value is -3.67. The normalized spacial score (nSPS) is 17.1. The standard InChI is InChI=1S/C27H25FN2O3/c1-2-32-27(31)23-21(16-12-14-18(28)15-13-16)22-24(29)19-10-6-7-11-20(19)30-26(22)33-25(23)17-8-4-3-5-9-17/h3-5,8-9,12-15,21H,2,6-7,10-11H2,1H3,(H2,29,30). The van der Waals surface area contributed by atoms with Gasteiger partial charge in [-0.15, -0.1) is 0 Å². The van der Waals surface area contributed by atoms with Crippen molar-refractivity contribution in [3.8, 4) is 5.88 Å². The number of nitrogens with zero attached hydrogens (tertiary/aromatic N) is 1. The number of esters is 1. The minimum atomic E-state index is -0.594. The maximum atomic E-state index is 13.8. The largest absolute Gasteiger partial charge is 0.463 e. The van der Waals surface area contributed by atoms with Gasteiger partial charge < -0.3 is 15.2 Å². The van der Waals surface area contributed by atoms with Crippen LogP contribution in [0, 0.1) is 5.82 Å². The molecule has 1 unspecified atom stereocenters. The molecule has 1 aromatic heterocycles. The molecule has 2 aromatic carbocycles. The number of carbonyl (C=O) groups is 1. The third-order valence-electron chi connectivity index (χ3n) is 6.28. The molecule has 0 amide bonds. The van der Waals surface area contributed by atoms with Crippen LogP contribution in [-0.4, -0.2) is 17.6 Å². The van der Waals surface area contributed by atoms with Gasteiger partial charge in [0.2, 0.25) is 5.88 Å². The SMILES string of the molecule is CCOC(=O)C1=C(c2ccccc2)Oc2nc3c(c(N)c2C1c1ccc(F)cc1)CCCC3. The Morgan fingerprint density at radius 1 is 1.12 bits per heavy atom. The van der Waals surface area contributed by atoms with E-state index in [1.165, 1.54) is 12.1 Å². The summed E-state index contributed by atoms with van der Waals surface area (Å²) in [5.41, 5.74) is 11.7. The van der Waals surface area contributed by atoms with Gasteiger partial charge in [-0.25, -0.2) is 14.2 Å². The zero-order chi connectivity index (χ0) is 22.9. The van der Waals surface area contributed by atoms with Crippen molar-refractivity contribution in [1.82, 2.24) is 4.98 Å². The molecule has 33 heavy (non-hydrogen) atoms. The fraction of sp³-hybridized carbons (Fsp3) is 0.259. The van der Waals surface area contributed by atoms with Gasteiger partial charge in [0.15, 0.2) is 0 Å². The number of hydrogen-bond donors (Lipinski definition) is 1. The average Bonchev–Trinajstić information content (AvgIpc) is 2.84. The summed E-state index contributed by atoms with van der Waals surface area (Å²) in [7, 11) is 0. The van der Waals surface area contributed by atoms with E-state index < -0.39 is 11.9 Å². The zero-order valence-electron chi connectivity index (χ0n) is 18.4. The van der Waals surface area contributed by atoms with Crippen LogP contribution in [0.2, 0.25) is 0 Å². The summed E-state index contributed by atoms with van der Waals surface area (Å²) in [5, 5.41) is 0. The molecule has 1 aliphatic heterocycles. The van der Waals surface area contributed by atoms with Crippen molar-refractivity contribution in [3.63, 3.8) is 0 Å². The van der Waals surface area contributed by atoms with E-state index in [1.807, 2.05) is 30.3 Å². The molecule has 0 spiro atoms. The Bertz CT molecular complexity index is 1240. The number of rotatable bonds is 4. The van der Waals surface area contributed by atoms with Crippen LogP contribution in [0.15, 0.2) is 60.2 Å². The van der Waals surface area contributed by atoms with E-state index >= 15 is 0 Å². The van der Waals surface area contributed by atoms with Gasteiger partial charge in [0, 0.05) is 16.9 Å². The van der Waals surface area contributed by atoms with E-state index in [-0.39, 0.29) is 12.4 Å². The molecule has 3 aromatic rings. The zero-order valence-corrected chi connectivity index (χ0v) is 18.4. The van der Waals surface area contributed by atoms with E-state index in [2.05, 4.69) is 0 Å². The highest BCUT2D eigenvalue weighted by atomic mass is 19.1.